The lowest BCUT2D eigenvalue weighted by Crippen LogP contribution is -2.06. The molecule has 2 fully saturated rings. The van der Waals surface area contributed by atoms with Crippen LogP contribution in [-0.4, -0.2) is 32.2 Å². The van der Waals surface area contributed by atoms with Gasteiger partial charge in [0.2, 0.25) is 0 Å². The van der Waals surface area contributed by atoms with Crippen LogP contribution >= 0.6 is 0 Å². The van der Waals surface area contributed by atoms with E-state index in [1.165, 1.54) is 38.5 Å². The lowest BCUT2D eigenvalue weighted by molar-refractivity contribution is -0.0480. The fourth-order valence-corrected chi connectivity index (χ4v) is 2.02. The van der Waals surface area contributed by atoms with E-state index in [0.717, 1.165) is 26.2 Å². The first-order chi connectivity index (χ1) is 7.45. The zero-order valence-electron chi connectivity index (χ0n) is 9.45. The standard InChI is InChI=1S/C12H22O3/c1(2-4-6-11-10-15-11)3-5-7-12-13-8-9-14-12/h11-12H,1-10H2. The van der Waals surface area contributed by atoms with Gasteiger partial charge in [-0.2, -0.15) is 0 Å². The normalized spacial score (nSPS) is 26.0. The van der Waals surface area contributed by atoms with Crippen LogP contribution in [-0.2, 0) is 14.2 Å². The van der Waals surface area contributed by atoms with Crippen molar-refractivity contribution in [1.82, 2.24) is 0 Å². The topological polar surface area (TPSA) is 31.0 Å². The number of rotatable bonds is 8. The summed E-state index contributed by atoms with van der Waals surface area (Å²) in [7, 11) is 0. The van der Waals surface area contributed by atoms with Gasteiger partial charge in [0.05, 0.1) is 25.9 Å². The molecule has 0 aromatic carbocycles. The van der Waals surface area contributed by atoms with Gasteiger partial charge in [-0.15, -0.1) is 0 Å². The van der Waals surface area contributed by atoms with Crippen LogP contribution in [0.2, 0.25) is 0 Å². The molecule has 3 heteroatoms. The van der Waals surface area contributed by atoms with Crippen molar-refractivity contribution in [3.63, 3.8) is 0 Å². The summed E-state index contributed by atoms with van der Waals surface area (Å²) in [6.07, 6.45) is 9.65. The first-order valence-corrected chi connectivity index (χ1v) is 6.30. The maximum absolute atomic E-state index is 5.38. The molecular weight excluding hydrogens is 192 g/mol. The average Bonchev–Trinajstić information content (AvgIpc) is 2.92. The van der Waals surface area contributed by atoms with Crippen molar-refractivity contribution in [1.29, 1.82) is 0 Å². The predicted octanol–water partition coefficient (Wildman–Crippen LogP) is 2.49. The molecule has 0 radical (unpaired) electrons. The van der Waals surface area contributed by atoms with Crippen LogP contribution in [0.4, 0.5) is 0 Å². The molecule has 0 aliphatic carbocycles. The minimum atomic E-state index is 0.102. The number of hydrogen-bond donors (Lipinski definition) is 0. The van der Waals surface area contributed by atoms with Crippen LogP contribution in [0, 0.1) is 0 Å². The lowest BCUT2D eigenvalue weighted by Gasteiger charge is -2.07. The molecule has 15 heavy (non-hydrogen) atoms. The van der Waals surface area contributed by atoms with Gasteiger partial charge in [-0.1, -0.05) is 25.7 Å². The second-order valence-corrected chi connectivity index (χ2v) is 4.47. The third-order valence-corrected chi connectivity index (χ3v) is 3.06. The number of unbranched alkanes of at least 4 members (excludes halogenated alkanes) is 4. The quantitative estimate of drug-likeness (QED) is 0.459. The van der Waals surface area contributed by atoms with Gasteiger partial charge in [0.15, 0.2) is 6.29 Å². The van der Waals surface area contributed by atoms with E-state index >= 15 is 0 Å². The molecule has 2 heterocycles. The molecule has 2 aliphatic heterocycles. The van der Waals surface area contributed by atoms with Crippen LogP contribution in [0.3, 0.4) is 0 Å². The minimum absolute atomic E-state index is 0.102. The SMILES string of the molecule is C(CCCC1CO1)CCCC1OCCO1. The Balaban J connectivity index is 1.32. The fraction of sp³-hybridized carbons (Fsp3) is 1.00. The zero-order chi connectivity index (χ0) is 10.3. The molecule has 0 aromatic rings. The van der Waals surface area contributed by atoms with Gasteiger partial charge < -0.3 is 14.2 Å². The van der Waals surface area contributed by atoms with E-state index in [0.29, 0.717) is 6.10 Å². The molecule has 0 amide bonds. The summed E-state index contributed by atoms with van der Waals surface area (Å²) in [5.41, 5.74) is 0. The van der Waals surface area contributed by atoms with Crippen molar-refractivity contribution in [3.8, 4) is 0 Å². The van der Waals surface area contributed by atoms with E-state index in [4.69, 9.17) is 14.2 Å². The van der Waals surface area contributed by atoms with E-state index < -0.39 is 0 Å². The van der Waals surface area contributed by atoms with Crippen molar-refractivity contribution in [3.05, 3.63) is 0 Å². The molecule has 0 bridgehead atoms. The summed E-state index contributed by atoms with van der Waals surface area (Å²) in [6, 6.07) is 0. The maximum atomic E-state index is 5.38. The predicted molar refractivity (Wildman–Crippen MR) is 57.8 cm³/mol. The van der Waals surface area contributed by atoms with Gasteiger partial charge in [0, 0.05) is 0 Å². The lowest BCUT2D eigenvalue weighted by atomic mass is 10.1. The Hall–Kier alpha value is -0.120. The Labute approximate surface area is 92.1 Å². The summed E-state index contributed by atoms with van der Waals surface area (Å²) in [6.45, 7) is 2.58. The molecule has 0 N–H and O–H groups in total. The Kier molecular flexibility index (Phi) is 4.90. The molecular formula is C12H22O3. The highest BCUT2D eigenvalue weighted by molar-refractivity contribution is 4.68. The Bertz CT molecular complexity index is 162. The van der Waals surface area contributed by atoms with Gasteiger partial charge in [0.25, 0.3) is 0 Å². The van der Waals surface area contributed by atoms with E-state index in [2.05, 4.69) is 0 Å². The van der Waals surface area contributed by atoms with Gasteiger partial charge in [0.1, 0.15) is 0 Å². The molecule has 0 spiro atoms. The number of ether oxygens (including phenoxy) is 3. The summed E-state index contributed by atoms with van der Waals surface area (Å²) >= 11 is 0. The molecule has 88 valence electrons. The Morgan fingerprint density at radius 1 is 0.733 bits per heavy atom. The monoisotopic (exact) mass is 214 g/mol. The summed E-state index contributed by atoms with van der Waals surface area (Å²) in [4.78, 5) is 0. The van der Waals surface area contributed by atoms with Gasteiger partial charge in [-0.3, -0.25) is 0 Å². The van der Waals surface area contributed by atoms with Crippen LogP contribution < -0.4 is 0 Å². The molecule has 0 aromatic heterocycles. The maximum Gasteiger partial charge on any atom is 0.157 e. The van der Waals surface area contributed by atoms with Crippen molar-refractivity contribution in [2.24, 2.45) is 0 Å². The van der Waals surface area contributed by atoms with Crippen molar-refractivity contribution >= 4 is 0 Å². The van der Waals surface area contributed by atoms with Gasteiger partial charge >= 0.3 is 0 Å². The van der Waals surface area contributed by atoms with E-state index in [1.807, 2.05) is 0 Å². The number of epoxide rings is 1. The van der Waals surface area contributed by atoms with Crippen molar-refractivity contribution in [2.75, 3.05) is 19.8 Å². The molecule has 2 rings (SSSR count). The highest BCUT2D eigenvalue weighted by Gasteiger charge is 2.20. The first-order valence-electron chi connectivity index (χ1n) is 6.30. The first kappa shape index (κ1) is 11.4. The highest BCUT2D eigenvalue weighted by Crippen LogP contribution is 2.18. The third-order valence-electron chi connectivity index (χ3n) is 3.06. The Morgan fingerprint density at radius 2 is 1.33 bits per heavy atom. The molecule has 2 aliphatic rings. The average molecular weight is 214 g/mol. The van der Waals surface area contributed by atoms with Crippen LogP contribution in [0.5, 0.6) is 0 Å². The van der Waals surface area contributed by atoms with Crippen molar-refractivity contribution < 1.29 is 14.2 Å². The Morgan fingerprint density at radius 3 is 2.00 bits per heavy atom. The van der Waals surface area contributed by atoms with Crippen LogP contribution in [0.15, 0.2) is 0 Å². The molecule has 2 saturated heterocycles. The van der Waals surface area contributed by atoms with Crippen LogP contribution in [0.1, 0.15) is 44.9 Å². The highest BCUT2D eigenvalue weighted by atomic mass is 16.7. The summed E-state index contributed by atoms with van der Waals surface area (Å²) < 4.78 is 15.9. The fourth-order valence-electron chi connectivity index (χ4n) is 2.02. The number of hydrogen-bond acceptors (Lipinski definition) is 3. The third kappa shape index (κ3) is 4.96. The molecule has 1 unspecified atom stereocenters. The van der Waals surface area contributed by atoms with E-state index in [1.54, 1.807) is 0 Å². The molecule has 1 atom stereocenters. The van der Waals surface area contributed by atoms with Gasteiger partial charge in [-0.05, 0) is 19.3 Å². The zero-order valence-corrected chi connectivity index (χ0v) is 9.45. The smallest absolute Gasteiger partial charge is 0.157 e. The van der Waals surface area contributed by atoms with Crippen molar-refractivity contribution in [2.45, 2.75) is 57.3 Å². The van der Waals surface area contributed by atoms with Crippen LogP contribution in [0.25, 0.3) is 0 Å². The summed E-state index contributed by atoms with van der Waals surface area (Å²) in [5, 5.41) is 0. The minimum Gasteiger partial charge on any atom is -0.373 e. The van der Waals surface area contributed by atoms with E-state index in [9.17, 15) is 0 Å². The second-order valence-electron chi connectivity index (χ2n) is 4.47. The largest absolute Gasteiger partial charge is 0.373 e. The second kappa shape index (κ2) is 6.46. The molecule has 0 saturated carbocycles. The van der Waals surface area contributed by atoms with E-state index in [-0.39, 0.29) is 6.29 Å². The summed E-state index contributed by atoms with van der Waals surface area (Å²) in [5.74, 6) is 0. The molecule has 3 nitrogen and oxygen atoms in total. The van der Waals surface area contributed by atoms with Gasteiger partial charge in [-0.25, -0.2) is 0 Å².